The van der Waals surface area contributed by atoms with Crippen molar-refractivity contribution in [3.05, 3.63) is 36.0 Å². The fourth-order valence-corrected chi connectivity index (χ4v) is 1.65. The molecule has 0 saturated heterocycles. The minimum atomic E-state index is 0.306. The maximum atomic E-state index is 9.81. The highest BCUT2D eigenvalue weighted by Gasteiger charge is 2.05. The van der Waals surface area contributed by atoms with Gasteiger partial charge in [-0.15, -0.1) is 5.10 Å². The molecule has 88 valence electrons. The Hall–Kier alpha value is -2.10. The molecular formula is C13H14N2O2. The van der Waals surface area contributed by atoms with Crippen molar-refractivity contribution < 1.29 is 9.84 Å². The Labute approximate surface area is 99.9 Å². The highest BCUT2D eigenvalue weighted by atomic mass is 16.5. The van der Waals surface area contributed by atoms with Crippen LogP contribution in [0.4, 0.5) is 0 Å². The van der Waals surface area contributed by atoms with E-state index in [2.05, 4.69) is 10.2 Å². The van der Waals surface area contributed by atoms with Gasteiger partial charge in [0.2, 0.25) is 5.88 Å². The molecule has 0 radical (unpaired) electrons. The standard InChI is InChI=1S/C13H14N2O2/c1-3-9-4-5-10(6-12(9)16)11-7-13(17-2)15-14-8-11/h4-8,16H,3H2,1-2H3. The Balaban J connectivity index is 2.42. The van der Waals surface area contributed by atoms with Crippen molar-refractivity contribution in [1.82, 2.24) is 10.2 Å². The summed E-state index contributed by atoms with van der Waals surface area (Å²) in [5, 5.41) is 17.5. The molecule has 0 saturated carbocycles. The number of hydrogen-bond donors (Lipinski definition) is 1. The molecule has 1 heterocycles. The Morgan fingerprint density at radius 3 is 2.71 bits per heavy atom. The second kappa shape index (κ2) is 4.82. The molecule has 0 atom stereocenters. The van der Waals surface area contributed by atoms with Crippen molar-refractivity contribution in [1.29, 1.82) is 0 Å². The molecule has 4 heteroatoms. The van der Waals surface area contributed by atoms with Crippen LogP contribution in [0.2, 0.25) is 0 Å². The molecule has 1 aromatic carbocycles. The molecule has 17 heavy (non-hydrogen) atoms. The molecule has 0 fully saturated rings. The third-order valence-electron chi connectivity index (χ3n) is 2.64. The number of phenolic OH excluding ortho intramolecular Hbond substituents is 1. The van der Waals surface area contributed by atoms with Crippen molar-refractivity contribution in [3.8, 4) is 22.8 Å². The zero-order valence-corrected chi connectivity index (χ0v) is 9.84. The van der Waals surface area contributed by atoms with Crippen LogP contribution in [0.3, 0.4) is 0 Å². The average molecular weight is 230 g/mol. The average Bonchev–Trinajstić information content (AvgIpc) is 2.38. The van der Waals surface area contributed by atoms with Crippen LogP contribution >= 0.6 is 0 Å². The first-order chi connectivity index (χ1) is 8.24. The van der Waals surface area contributed by atoms with Gasteiger partial charge in [-0.3, -0.25) is 0 Å². The lowest BCUT2D eigenvalue weighted by atomic mass is 10.0. The van der Waals surface area contributed by atoms with Gasteiger partial charge in [-0.2, -0.15) is 5.10 Å². The number of ether oxygens (including phenoxy) is 1. The van der Waals surface area contributed by atoms with E-state index in [0.717, 1.165) is 23.1 Å². The van der Waals surface area contributed by atoms with E-state index in [-0.39, 0.29) is 0 Å². The molecule has 2 aromatic rings. The largest absolute Gasteiger partial charge is 0.508 e. The van der Waals surface area contributed by atoms with Gasteiger partial charge in [0.25, 0.3) is 0 Å². The van der Waals surface area contributed by atoms with E-state index in [0.29, 0.717) is 11.6 Å². The summed E-state index contributed by atoms with van der Waals surface area (Å²) < 4.78 is 5.02. The van der Waals surface area contributed by atoms with E-state index < -0.39 is 0 Å². The van der Waals surface area contributed by atoms with Crippen LogP contribution < -0.4 is 4.74 Å². The fourth-order valence-electron chi connectivity index (χ4n) is 1.65. The summed E-state index contributed by atoms with van der Waals surface area (Å²) >= 11 is 0. The molecule has 0 aliphatic rings. The van der Waals surface area contributed by atoms with E-state index in [1.807, 2.05) is 19.1 Å². The van der Waals surface area contributed by atoms with Crippen molar-refractivity contribution in [2.24, 2.45) is 0 Å². The summed E-state index contributed by atoms with van der Waals surface area (Å²) in [6.07, 6.45) is 2.45. The van der Waals surface area contributed by atoms with Gasteiger partial charge in [-0.05, 0) is 23.6 Å². The fraction of sp³-hybridized carbons (Fsp3) is 0.231. The molecule has 0 aliphatic heterocycles. The van der Waals surface area contributed by atoms with Crippen LogP contribution in [0.25, 0.3) is 11.1 Å². The smallest absolute Gasteiger partial charge is 0.233 e. The van der Waals surface area contributed by atoms with E-state index in [1.54, 1.807) is 25.4 Å². The van der Waals surface area contributed by atoms with Gasteiger partial charge in [0, 0.05) is 11.6 Å². The number of rotatable bonds is 3. The quantitative estimate of drug-likeness (QED) is 0.879. The zero-order valence-electron chi connectivity index (χ0n) is 9.84. The molecular weight excluding hydrogens is 216 g/mol. The lowest BCUT2D eigenvalue weighted by molar-refractivity contribution is 0.392. The van der Waals surface area contributed by atoms with Crippen molar-refractivity contribution in [3.63, 3.8) is 0 Å². The summed E-state index contributed by atoms with van der Waals surface area (Å²) in [6.45, 7) is 2.01. The lowest BCUT2D eigenvalue weighted by Crippen LogP contribution is -1.91. The molecule has 0 amide bonds. The topological polar surface area (TPSA) is 55.2 Å². The highest BCUT2D eigenvalue weighted by molar-refractivity contribution is 5.65. The second-order valence-corrected chi connectivity index (χ2v) is 3.68. The van der Waals surface area contributed by atoms with Crippen molar-refractivity contribution in [2.45, 2.75) is 13.3 Å². The van der Waals surface area contributed by atoms with Gasteiger partial charge in [-0.25, -0.2) is 0 Å². The van der Waals surface area contributed by atoms with Crippen LogP contribution in [0.5, 0.6) is 11.6 Å². The molecule has 0 unspecified atom stereocenters. The van der Waals surface area contributed by atoms with Gasteiger partial charge in [0.1, 0.15) is 5.75 Å². The monoisotopic (exact) mass is 230 g/mol. The Morgan fingerprint density at radius 1 is 1.24 bits per heavy atom. The first-order valence-corrected chi connectivity index (χ1v) is 5.43. The minimum absolute atomic E-state index is 0.306. The van der Waals surface area contributed by atoms with Crippen molar-refractivity contribution >= 4 is 0 Å². The highest BCUT2D eigenvalue weighted by Crippen LogP contribution is 2.27. The number of phenols is 1. The first-order valence-electron chi connectivity index (χ1n) is 5.43. The number of benzene rings is 1. The Kier molecular flexibility index (Phi) is 3.23. The molecule has 1 aromatic heterocycles. The number of hydrogen-bond acceptors (Lipinski definition) is 4. The van der Waals surface area contributed by atoms with Crippen molar-refractivity contribution in [2.75, 3.05) is 7.11 Å². The number of methoxy groups -OCH3 is 1. The molecule has 0 spiro atoms. The normalized spacial score (nSPS) is 10.2. The van der Waals surface area contributed by atoms with Gasteiger partial charge in [0.15, 0.2) is 0 Å². The Morgan fingerprint density at radius 2 is 2.06 bits per heavy atom. The van der Waals surface area contributed by atoms with E-state index in [9.17, 15) is 5.11 Å². The third-order valence-corrected chi connectivity index (χ3v) is 2.64. The summed E-state index contributed by atoms with van der Waals surface area (Å²) in [5.41, 5.74) is 2.70. The van der Waals surface area contributed by atoms with E-state index >= 15 is 0 Å². The minimum Gasteiger partial charge on any atom is -0.508 e. The predicted molar refractivity (Wildman–Crippen MR) is 65.1 cm³/mol. The first kappa shape index (κ1) is 11.4. The van der Waals surface area contributed by atoms with Crippen LogP contribution in [-0.2, 0) is 6.42 Å². The number of aryl methyl sites for hydroxylation is 1. The van der Waals surface area contributed by atoms with Gasteiger partial charge < -0.3 is 9.84 Å². The van der Waals surface area contributed by atoms with Gasteiger partial charge in [0.05, 0.1) is 13.3 Å². The summed E-state index contributed by atoms with van der Waals surface area (Å²) in [4.78, 5) is 0. The lowest BCUT2D eigenvalue weighted by Gasteiger charge is -2.06. The number of nitrogens with zero attached hydrogens (tertiary/aromatic N) is 2. The predicted octanol–water partition coefficient (Wildman–Crippen LogP) is 2.42. The maximum absolute atomic E-state index is 9.81. The molecule has 1 N–H and O–H groups in total. The maximum Gasteiger partial charge on any atom is 0.233 e. The third kappa shape index (κ3) is 2.36. The SMILES string of the molecule is CCc1ccc(-c2cnnc(OC)c2)cc1O. The Bertz CT molecular complexity index is 527. The van der Waals surface area contributed by atoms with Gasteiger partial charge in [-0.1, -0.05) is 19.1 Å². The summed E-state index contributed by atoms with van der Waals surface area (Å²) in [7, 11) is 1.55. The van der Waals surface area contributed by atoms with Crippen LogP contribution in [0.15, 0.2) is 30.5 Å². The van der Waals surface area contributed by atoms with Crippen LogP contribution in [0, 0.1) is 0 Å². The molecule has 0 bridgehead atoms. The van der Waals surface area contributed by atoms with Crippen LogP contribution in [0.1, 0.15) is 12.5 Å². The second-order valence-electron chi connectivity index (χ2n) is 3.68. The zero-order chi connectivity index (χ0) is 12.3. The van der Waals surface area contributed by atoms with E-state index in [4.69, 9.17) is 4.74 Å². The van der Waals surface area contributed by atoms with Gasteiger partial charge >= 0.3 is 0 Å². The number of aromatic nitrogens is 2. The molecule has 0 aliphatic carbocycles. The van der Waals surface area contributed by atoms with Crippen LogP contribution in [-0.4, -0.2) is 22.4 Å². The summed E-state index contributed by atoms with van der Waals surface area (Å²) in [6, 6.07) is 7.38. The van der Waals surface area contributed by atoms with E-state index in [1.165, 1.54) is 0 Å². The number of aromatic hydroxyl groups is 1. The summed E-state index contributed by atoms with van der Waals surface area (Å²) in [5.74, 6) is 0.766. The molecule has 4 nitrogen and oxygen atoms in total. The molecule has 2 rings (SSSR count).